The summed E-state index contributed by atoms with van der Waals surface area (Å²) in [5, 5.41) is 2.37. The van der Waals surface area contributed by atoms with Gasteiger partial charge in [-0.15, -0.1) is 0 Å². The highest BCUT2D eigenvalue weighted by Crippen LogP contribution is 2.09. The predicted octanol–water partition coefficient (Wildman–Crippen LogP) is 3.08. The van der Waals surface area contributed by atoms with Crippen LogP contribution < -0.4 is 4.74 Å². The predicted molar refractivity (Wildman–Crippen MR) is 76.2 cm³/mol. The molecule has 17 heavy (non-hydrogen) atoms. The maximum absolute atomic E-state index is 5.55. The lowest BCUT2D eigenvalue weighted by molar-refractivity contribution is 0.343. The molecule has 0 amide bonds. The minimum Gasteiger partial charge on any atom is -0.493 e. The van der Waals surface area contributed by atoms with Crippen LogP contribution in [-0.2, 0) is 0 Å². The Labute approximate surface area is 112 Å². The van der Waals surface area contributed by atoms with Crippen molar-refractivity contribution in [3.8, 4) is 5.75 Å². The first-order valence-electron chi connectivity index (χ1n) is 5.57. The Morgan fingerprint density at radius 1 is 1.29 bits per heavy atom. The van der Waals surface area contributed by atoms with E-state index in [1.54, 1.807) is 12.4 Å². The zero-order valence-corrected chi connectivity index (χ0v) is 11.3. The summed E-state index contributed by atoms with van der Waals surface area (Å²) in [6, 6.07) is 3.74. The van der Waals surface area contributed by atoms with Gasteiger partial charge in [-0.2, -0.15) is 11.8 Å². The van der Waals surface area contributed by atoms with Gasteiger partial charge in [0.25, 0.3) is 0 Å². The van der Waals surface area contributed by atoms with Crippen molar-refractivity contribution in [2.75, 3.05) is 24.7 Å². The van der Waals surface area contributed by atoms with Crippen LogP contribution in [0.1, 0.15) is 12.8 Å². The van der Waals surface area contributed by atoms with Crippen LogP contribution in [0.3, 0.4) is 0 Å². The van der Waals surface area contributed by atoms with E-state index < -0.39 is 0 Å². The van der Waals surface area contributed by atoms with E-state index in [1.807, 2.05) is 23.9 Å². The molecule has 0 unspecified atom stereocenters. The Kier molecular flexibility index (Phi) is 8.55. The largest absolute Gasteiger partial charge is 0.493 e. The van der Waals surface area contributed by atoms with E-state index in [0.29, 0.717) is 0 Å². The highest BCUT2D eigenvalue weighted by atomic mass is 32.2. The molecule has 0 saturated heterocycles. The molecule has 0 bridgehead atoms. The molecule has 0 radical (unpaired) electrons. The van der Waals surface area contributed by atoms with Gasteiger partial charge in [0.05, 0.1) is 11.8 Å². The topological polar surface area (TPSA) is 34.5 Å². The van der Waals surface area contributed by atoms with Crippen molar-refractivity contribution in [1.29, 1.82) is 0 Å². The first-order valence-corrected chi connectivity index (χ1v) is 7.14. The molecule has 0 aliphatic heterocycles. The Hall–Kier alpha value is -0.900. The summed E-state index contributed by atoms with van der Waals surface area (Å²) in [4.78, 5) is 7.80. The van der Waals surface area contributed by atoms with Crippen molar-refractivity contribution in [2.24, 2.45) is 4.99 Å². The molecule has 0 aliphatic rings. The highest BCUT2D eigenvalue weighted by molar-refractivity contribution is 7.99. The maximum atomic E-state index is 5.55. The number of aromatic nitrogens is 1. The van der Waals surface area contributed by atoms with E-state index in [1.165, 1.54) is 6.42 Å². The van der Waals surface area contributed by atoms with Crippen LogP contribution in [-0.4, -0.2) is 34.8 Å². The lowest BCUT2D eigenvalue weighted by Gasteiger charge is -2.04. The molecule has 0 atom stereocenters. The van der Waals surface area contributed by atoms with Gasteiger partial charge in [0.2, 0.25) is 0 Å². The van der Waals surface area contributed by atoms with Crippen LogP contribution in [0.2, 0.25) is 0 Å². The number of isothiocyanates is 1. The van der Waals surface area contributed by atoms with Crippen molar-refractivity contribution in [3.05, 3.63) is 24.5 Å². The third-order valence-electron chi connectivity index (χ3n) is 2.02. The second-order valence-electron chi connectivity index (χ2n) is 3.32. The first-order chi connectivity index (χ1) is 8.43. The fraction of sp³-hybridized carbons (Fsp3) is 0.500. The van der Waals surface area contributed by atoms with Crippen LogP contribution in [0, 0.1) is 0 Å². The number of rotatable bonds is 9. The second kappa shape index (κ2) is 10.3. The summed E-state index contributed by atoms with van der Waals surface area (Å²) in [5.41, 5.74) is 0. The molecule has 0 aliphatic carbocycles. The third kappa shape index (κ3) is 7.91. The molecule has 1 aromatic rings. The summed E-state index contributed by atoms with van der Waals surface area (Å²) in [6.07, 6.45) is 5.72. The van der Waals surface area contributed by atoms with Gasteiger partial charge in [-0.3, -0.25) is 4.98 Å². The van der Waals surface area contributed by atoms with Gasteiger partial charge in [-0.05, 0) is 42.9 Å². The van der Waals surface area contributed by atoms with Gasteiger partial charge in [0, 0.05) is 24.7 Å². The summed E-state index contributed by atoms with van der Waals surface area (Å²) >= 11 is 6.39. The highest BCUT2D eigenvalue weighted by Gasteiger charge is 1.93. The summed E-state index contributed by atoms with van der Waals surface area (Å²) in [7, 11) is 0. The lowest BCUT2D eigenvalue weighted by atomic mass is 10.3. The number of pyridine rings is 1. The maximum Gasteiger partial charge on any atom is 0.122 e. The van der Waals surface area contributed by atoms with Crippen molar-refractivity contribution in [2.45, 2.75) is 12.8 Å². The van der Waals surface area contributed by atoms with Gasteiger partial charge < -0.3 is 4.74 Å². The first kappa shape index (κ1) is 14.2. The Balaban J connectivity index is 1.89. The number of hydrogen-bond donors (Lipinski definition) is 0. The van der Waals surface area contributed by atoms with E-state index >= 15 is 0 Å². The van der Waals surface area contributed by atoms with Crippen LogP contribution >= 0.6 is 24.0 Å². The minimum atomic E-state index is 0.743. The number of thiocarbonyl (C=S) groups is 1. The quantitative estimate of drug-likeness (QED) is 0.391. The van der Waals surface area contributed by atoms with E-state index in [-0.39, 0.29) is 0 Å². The molecule has 0 spiro atoms. The third-order valence-corrected chi connectivity index (χ3v) is 3.18. The molecular formula is C12H16N2OS2. The van der Waals surface area contributed by atoms with Crippen molar-refractivity contribution < 1.29 is 4.74 Å². The number of thioether (sulfide) groups is 1. The van der Waals surface area contributed by atoms with Gasteiger partial charge in [0.1, 0.15) is 5.75 Å². The molecule has 0 N–H and O–H groups in total. The zero-order valence-electron chi connectivity index (χ0n) is 9.67. The van der Waals surface area contributed by atoms with Crippen molar-refractivity contribution in [1.82, 2.24) is 4.98 Å². The van der Waals surface area contributed by atoms with Crippen molar-refractivity contribution >= 4 is 29.1 Å². The Morgan fingerprint density at radius 2 is 2.12 bits per heavy atom. The van der Waals surface area contributed by atoms with E-state index in [9.17, 15) is 0 Å². The summed E-state index contributed by atoms with van der Waals surface area (Å²) in [6.45, 7) is 1.55. The van der Waals surface area contributed by atoms with Crippen molar-refractivity contribution in [3.63, 3.8) is 0 Å². The molecular weight excluding hydrogens is 252 g/mol. The Morgan fingerprint density at radius 3 is 2.88 bits per heavy atom. The van der Waals surface area contributed by atoms with E-state index in [4.69, 9.17) is 4.74 Å². The lowest BCUT2D eigenvalue weighted by Crippen LogP contribution is -2.00. The smallest absolute Gasteiger partial charge is 0.122 e. The van der Waals surface area contributed by atoms with Gasteiger partial charge in [0.15, 0.2) is 0 Å². The van der Waals surface area contributed by atoms with Crippen LogP contribution in [0.5, 0.6) is 5.75 Å². The number of hydrogen-bond acceptors (Lipinski definition) is 5. The summed E-state index contributed by atoms with van der Waals surface area (Å²) in [5.74, 6) is 3.04. The molecule has 1 rings (SSSR count). The Bertz CT molecular complexity index is 340. The van der Waals surface area contributed by atoms with Crippen LogP contribution in [0.25, 0.3) is 0 Å². The average molecular weight is 268 g/mol. The van der Waals surface area contributed by atoms with Gasteiger partial charge in [-0.1, -0.05) is 0 Å². The standard InChI is InChI=1S/C12H16N2OS2/c16-11-14-5-1-2-9-17-10-8-15-12-3-6-13-7-4-12/h3-4,6-7H,1-2,5,8-10H2. The number of aliphatic imine (C=N–C) groups is 1. The molecule has 0 saturated carbocycles. The number of nitrogens with zero attached hydrogens (tertiary/aromatic N) is 2. The zero-order chi connectivity index (χ0) is 12.2. The van der Waals surface area contributed by atoms with Crippen LogP contribution in [0.15, 0.2) is 29.5 Å². The average Bonchev–Trinajstić information content (AvgIpc) is 2.38. The fourth-order valence-corrected chi connectivity index (χ4v) is 2.10. The molecule has 1 aromatic heterocycles. The molecule has 3 nitrogen and oxygen atoms in total. The molecule has 0 aromatic carbocycles. The molecule has 0 fully saturated rings. The van der Waals surface area contributed by atoms with Gasteiger partial charge in [-0.25, -0.2) is 4.99 Å². The van der Waals surface area contributed by atoms with E-state index in [0.717, 1.165) is 36.8 Å². The number of ether oxygens (including phenoxy) is 1. The van der Waals surface area contributed by atoms with Gasteiger partial charge >= 0.3 is 0 Å². The molecule has 5 heteroatoms. The van der Waals surface area contributed by atoms with Crippen LogP contribution in [0.4, 0.5) is 0 Å². The monoisotopic (exact) mass is 268 g/mol. The normalized spacial score (nSPS) is 9.65. The SMILES string of the molecule is S=C=NCCCCSCCOc1ccncc1. The fourth-order valence-electron chi connectivity index (χ4n) is 1.20. The molecule has 92 valence electrons. The summed E-state index contributed by atoms with van der Waals surface area (Å²) < 4.78 is 5.55. The molecule has 1 heterocycles. The van der Waals surface area contributed by atoms with E-state index in [2.05, 4.69) is 27.4 Å². The minimum absolute atomic E-state index is 0.743. The second-order valence-corrected chi connectivity index (χ2v) is 4.73. The number of unbranched alkanes of at least 4 members (excludes halogenated alkanes) is 1.